The topological polar surface area (TPSA) is 45.7 Å². The Morgan fingerprint density at radius 2 is 2.09 bits per heavy atom. The third kappa shape index (κ3) is 5.51. The van der Waals surface area contributed by atoms with E-state index in [0.29, 0.717) is 24.3 Å². The van der Waals surface area contributed by atoms with E-state index in [4.69, 9.17) is 4.74 Å². The number of ether oxygens (including phenoxy) is 1. The number of benzene rings is 1. The van der Waals surface area contributed by atoms with Crippen LogP contribution in [0.25, 0.3) is 0 Å². The van der Waals surface area contributed by atoms with Crippen LogP contribution in [0.2, 0.25) is 0 Å². The zero-order valence-electron chi connectivity index (χ0n) is 13.6. The first kappa shape index (κ1) is 18.3. The molecule has 1 atom stereocenters. The molecule has 0 amide bonds. The number of halogens is 2. The molecule has 0 bridgehead atoms. The lowest BCUT2D eigenvalue weighted by molar-refractivity contribution is 0.285. The zero-order chi connectivity index (χ0) is 15.5. The van der Waals surface area contributed by atoms with Crippen molar-refractivity contribution >= 4 is 29.9 Å². The van der Waals surface area contributed by atoms with E-state index < -0.39 is 0 Å². The highest BCUT2D eigenvalue weighted by Crippen LogP contribution is 2.30. The van der Waals surface area contributed by atoms with Crippen molar-refractivity contribution in [1.82, 2.24) is 10.6 Å². The molecule has 2 fully saturated rings. The van der Waals surface area contributed by atoms with Gasteiger partial charge in [0.2, 0.25) is 0 Å². The maximum absolute atomic E-state index is 14.1. The summed E-state index contributed by atoms with van der Waals surface area (Å²) >= 11 is 0. The summed E-state index contributed by atoms with van der Waals surface area (Å²) in [5, 5.41) is 6.62. The number of nitrogens with zero attached hydrogens (tertiary/aromatic N) is 1. The van der Waals surface area contributed by atoms with E-state index in [0.717, 1.165) is 11.5 Å². The molecule has 1 aromatic carbocycles. The molecule has 0 heterocycles. The molecule has 3 rings (SSSR count). The second kappa shape index (κ2) is 8.17. The first-order chi connectivity index (χ1) is 10.7. The average Bonchev–Trinajstić information content (AvgIpc) is 3.39. The highest BCUT2D eigenvalue weighted by molar-refractivity contribution is 14.0. The summed E-state index contributed by atoms with van der Waals surface area (Å²) in [7, 11) is 1.75. The van der Waals surface area contributed by atoms with Crippen molar-refractivity contribution in [3.8, 4) is 5.75 Å². The number of aliphatic imine (C=N–C) groups is 1. The Bertz CT molecular complexity index is 559. The van der Waals surface area contributed by atoms with Gasteiger partial charge in [-0.3, -0.25) is 4.99 Å². The van der Waals surface area contributed by atoms with Crippen LogP contribution in [0, 0.1) is 11.7 Å². The van der Waals surface area contributed by atoms with Gasteiger partial charge in [0.1, 0.15) is 0 Å². The molecule has 0 radical (unpaired) electrons. The van der Waals surface area contributed by atoms with Gasteiger partial charge in [-0.05, 0) is 56.2 Å². The Balaban J connectivity index is 0.00000192. The van der Waals surface area contributed by atoms with E-state index in [1.165, 1.54) is 25.7 Å². The third-order valence-electron chi connectivity index (χ3n) is 4.12. The Kier molecular flexibility index (Phi) is 6.50. The molecule has 0 aliphatic heterocycles. The molecule has 2 saturated carbocycles. The van der Waals surface area contributed by atoms with Gasteiger partial charge in [0.25, 0.3) is 0 Å². The predicted octanol–water partition coefficient (Wildman–Crippen LogP) is 3.62. The van der Waals surface area contributed by atoms with Gasteiger partial charge in [-0.1, -0.05) is 6.07 Å². The van der Waals surface area contributed by atoms with Gasteiger partial charge in [-0.15, -0.1) is 24.0 Å². The number of rotatable bonds is 6. The van der Waals surface area contributed by atoms with Crippen LogP contribution in [-0.4, -0.2) is 25.7 Å². The van der Waals surface area contributed by atoms with E-state index in [9.17, 15) is 4.39 Å². The molecular weight excluding hydrogens is 408 g/mol. The van der Waals surface area contributed by atoms with Gasteiger partial charge in [-0.25, -0.2) is 4.39 Å². The molecule has 0 aromatic heterocycles. The summed E-state index contributed by atoms with van der Waals surface area (Å²) in [6.45, 7) is 2.63. The lowest BCUT2D eigenvalue weighted by atomic mass is 10.1. The first-order valence-corrected chi connectivity index (χ1v) is 8.08. The molecule has 128 valence electrons. The van der Waals surface area contributed by atoms with E-state index in [1.54, 1.807) is 19.2 Å². The molecule has 1 aromatic rings. The molecule has 0 saturated heterocycles. The molecule has 23 heavy (non-hydrogen) atoms. The molecular formula is C17H25FIN3O. The van der Waals surface area contributed by atoms with Gasteiger partial charge in [0.05, 0.1) is 12.6 Å². The monoisotopic (exact) mass is 433 g/mol. The smallest absolute Gasteiger partial charge is 0.191 e. The fourth-order valence-corrected chi connectivity index (χ4v) is 2.28. The number of guanidine groups is 1. The Morgan fingerprint density at radius 1 is 1.35 bits per heavy atom. The van der Waals surface area contributed by atoms with Crippen LogP contribution < -0.4 is 15.4 Å². The molecule has 2 N–H and O–H groups in total. The highest BCUT2D eigenvalue weighted by Gasteiger charge is 2.24. The SMILES string of the molecule is CN=C(NC1CC1)NC(C)c1ccc(OCC2CC2)c(F)c1.I. The van der Waals surface area contributed by atoms with Gasteiger partial charge < -0.3 is 15.4 Å². The summed E-state index contributed by atoms with van der Waals surface area (Å²) in [5.74, 6) is 1.45. The summed E-state index contributed by atoms with van der Waals surface area (Å²) in [6.07, 6.45) is 4.79. The molecule has 0 spiro atoms. The summed E-state index contributed by atoms with van der Waals surface area (Å²) in [6, 6.07) is 5.70. The van der Waals surface area contributed by atoms with Crippen LogP contribution in [0.1, 0.15) is 44.2 Å². The summed E-state index contributed by atoms with van der Waals surface area (Å²) < 4.78 is 19.6. The minimum atomic E-state index is -0.295. The molecule has 6 heteroatoms. The Labute approximate surface area is 154 Å². The quantitative estimate of drug-likeness (QED) is 0.409. The van der Waals surface area contributed by atoms with Crippen molar-refractivity contribution in [3.05, 3.63) is 29.6 Å². The fraction of sp³-hybridized carbons (Fsp3) is 0.588. The largest absolute Gasteiger partial charge is 0.490 e. The van der Waals surface area contributed by atoms with Gasteiger partial charge in [0.15, 0.2) is 17.5 Å². The van der Waals surface area contributed by atoms with Crippen LogP contribution in [0.5, 0.6) is 5.75 Å². The summed E-state index contributed by atoms with van der Waals surface area (Å²) in [4.78, 5) is 4.21. The van der Waals surface area contributed by atoms with Crippen LogP contribution in [0.3, 0.4) is 0 Å². The third-order valence-corrected chi connectivity index (χ3v) is 4.12. The van der Waals surface area contributed by atoms with E-state index in [1.807, 2.05) is 13.0 Å². The van der Waals surface area contributed by atoms with Crippen molar-refractivity contribution in [2.45, 2.75) is 44.7 Å². The van der Waals surface area contributed by atoms with E-state index in [-0.39, 0.29) is 35.8 Å². The van der Waals surface area contributed by atoms with Crippen LogP contribution in [0.15, 0.2) is 23.2 Å². The maximum atomic E-state index is 14.1. The molecule has 1 unspecified atom stereocenters. The number of hydrogen-bond acceptors (Lipinski definition) is 2. The zero-order valence-corrected chi connectivity index (χ0v) is 16.0. The van der Waals surface area contributed by atoms with Crippen molar-refractivity contribution in [3.63, 3.8) is 0 Å². The predicted molar refractivity (Wildman–Crippen MR) is 101 cm³/mol. The van der Waals surface area contributed by atoms with Crippen molar-refractivity contribution in [1.29, 1.82) is 0 Å². The second-order valence-corrected chi connectivity index (χ2v) is 6.30. The average molecular weight is 433 g/mol. The number of nitrogens with one attached hydrogen (secondary N) is 2. The van der Waals surface area contributed by atoms with Crippen LogP contribution >= 0.6 is 24.0 Å². The normalized spacial score (nSPS) is 18.8. The van der Waals surface area contributed by atoms with E-state index >= 15 is 0 Å². The minimum absolute atomic E-state index is 0. The van der Waals surface area contributed by atoms with Gasteiger partial charge in [0, 0.05) is 13.1 Å². The van der Waals surface area contributed by atoms with E-state index in [2.05, 4.69) is 15.6 Å². The minimum Gasteiger partial charge on any atom is -0.490 e. The lowest BCUT2D eigenvalue weighted by Gasteiger charge is -2.18. The van der Waals surface area contributed by atoms with Crippen LogP contribution in [0.4, 0.5) is 4.39 Å². The standard InChI is InChI=1S/C17H24FN3O.HI/c1-11(20-17(19-2)21-14-6-7-14)13-5-8-16(15(18)9-13)22-10-12-3-4-12;/h5,8-9,11-12,14H,3-4,6-7,10H2,1-2H3,(H2,19,20,21);1H. The second-order valence-electron chi connectivity index (χ2n) is 6.30. The molecule has 2 aliphatic carbocycles. The summed E-state index contributed by atoms with van der Waals surface area (Å²) in [5.41, 5.74) is 0.884. The Hall–Kier alpha value is -1.05. The fourth-order valence-electron chi connectivity index (χ4n) is 2.28. The van der Waals surface area contributed by atoms with Crippen molar-refractivity contribution < 1.29 is 9.13 Å². The number of hydrogen-bond donors (Lipinski definition) is 2. The first-order valence-electron chi connectivity index (χ1n) is 8.08. The van der Waals surface area contributed by atoms with Gasteiger partial charge >= 0.3 is 0 Å². The highest BCUT2D eigenvalue weighted by atomic mass is 127. The molecule has 4 nitrogen and oxygen atoms in total. The van der Waals surface area contributed by atoms with Crippen molar-refractivity contribution in [2.24, 2.45) is 10.9 Å². The van der Waals surface area contributed by atoms with Crippen LogP contribution in [-0.2, 0) is 0 Å². The van der Waals surface area contributed by atoms with Crippen molar-refractivity contribution in [2.75, 3.05) is 13.7 Å². The molecule has 2 aliphatic rings. The maximum Gasteiger partial charge on any atom is 0.191 e. The Morgan fingerprint density at radius 3 is 2.65 bits per heavy atom. The van der Waals surface area contributed by atoms with Gasteiger partial charge in [-0.2, -0.15) is 0 Å². The lowest BCUT2D eigenvalue weighted by Crippen LogP contribution is -2.39.